The summed E-state index contributed by atoms with van der Waals surface area (Å²) < 4.78 is 3.71. The lowest BCUT2D eigenvalue weighted by atomic mass is 10.0. The smallest absolute Gasteiger partial charge is 0.0620 e. The highest BCUT2D eigenvalue weighted by Crippen LogP contribution is 2.40. The van der Waals surface area contributed by atoms with Crippen molar-refractivity contribution in [3.8, 4) is 0 Å². The van der Waals surface area contributed by atoms with E-state index in [1.807, 2.05) is 6.08 Å². The van der Waals surface area contributed by atoms with Crippen LogP contribution in [-0.4, -0.2) is 4.40 Å². The van der Waals surface area contributed by atoms with Gasteiger partial charge in [0.1, 0.15) is 0 Å². The number of para-hydroxylation sites is 2. The van der Waals surface area contributed by atoms with Gasteiger partial charge in [0, 0.05) is 37.6 Å². The van der Waals surface area contributed by atoms with Gasteiger partial charge < -0.3 is 9.72 Å². The molecule has 0 aliphatic carbocycles. The van der Waals surface area contributed by atoms with Gasteiger partial charge in [-0.05, 0) is 76.0 Å². The summed E-state index contributed by atoms with van der Waals surface area (Å²) >= 11 is 1.78. The maximum absolute atomic E-state index is 4.09. The van der Waals surface area contributed by atoms with Gasteiger partial charge in [-0.15, -0.1) is 11.3 Å². The van der Waals surface area contributed by atoms with Gasteiger partial charge in [0.15, 0.2) is 0 Å². The summed E-state index contributed by atoms with van der Waals surface area (Å²) in [5, 5.41) is 12.3. The van der Waals surface area contributed by atoms with Crippen LogP contribution < -0.4 is 5.32 Å². The van der Waals surface area contributed by atoms with Crippen LogP contribution in [0.2, 0.25) is 0 Å². The fourth-order valence-corrected chi connectivity index (χ4v) is 6.88. The maximum atomic E-state index is 4.09. The number of thiophene rings is 1. The van der Waals surface area contributed by atoms with Crippen LogP contribution in [0.1, 0.15) is 11.1 Å². The predicted molar refractivity (Wildman–Crippen MR) is 171 cm³/mol. The number of anilines is 2. The number of nitrogens with zero attached hydrogens (tertiary/aromatic N) is 1. The minimum Gasteiger partial charge on any atom is -0.356 e. The van der Waals surface area contributed by atoms with Crippen molar-refractivity contribution in [2.45, 2.75) is 0 Å². The van der Waals surface area contributed by atoms with Gasteiger partial charge in [-0.2, -0.15) is 0 Å². The number of hydrogen-bond donors (Lipinski definition) is 1. The Bertz CT molecular complexity index is 2210. The molecule has 8 rings (SSSR count). The van der Waals surface area contributed by atoms with E-state index < -0.39 is 0 Å². The number of fused-ring (bicyclic) bond motifs is 7. The van der Waals surface area contributed by atoms with Gasteiger partial charge in [-0.3, -0.25) is 0 Å². The second-order valence-electron chi connectivity index (χ2n) is 9.98. The Morgan fingerprint density at radius 3 is 2.21 bits per heavy atom. The second-order valence-corrected chi connectivity index (χ2v) is 10.9. The summed E-state index contributed by atoms with van der Waals surface area (Å²) in [7, 11) is 0. The fraction of sp³-hybridized carbons (Fsp3) is 0. The van der Waals surface area contributed by atoms with E-state index in [-0.39, 0.29) is 0 Å². The van der Waals surface area contributed by atoms with Crippen LogP contribution in [-0.2, 0) is 0 Å². The quantitative estimate of drug-likeness (QED) is 0.225. The van der Waals surface area contributed by atoms with Crippen molar-refractivity contribution in [2.75, 3.05) is 5.32 Å². The summed E-state index contributed by atoms with van der Waals surface area (Å²) in [4.78, 5) is 0. The van der Waals surface area contributed by atoms with Crippen LogP contribution in [0.3, 0.4) is 0 Å². The second kappa shape index (κ2) is 8.59. The molecule has 39 heavy (non-hydrogen) atoms. The zero-order valence-corrected chi connectivity index (χ0v) is 22.0. The molecular formula is C36H24N2S. The Morgan fingerprint density at radius 2 is 1.36 bits per heavy atom. The van der Waals surface area contributed by atoms with E-state index in [1.165, 1.54) is 53.7 Å². The zero-order valence-electron chi connectivity index (χ0n) is 21.2. The number of aromatic nitrogens is 1. The van der Waals surface area contributed by atoms with Crippen LogP contribution in [0.4, 0.5) is 11.4 Å². The predicted octanol–water partition coefficient (Wildman–Crippen LogP) is 10.5. The molecule has 0 radical (unpaired) electrons. The normalized spacial score (nSPS) is 12.4. The summed E-state index contributed by atoms with van der Waals surface area (Å²) in [5.41, 5.74) is 9.45. The zero-order chi connectivity index (χ0) is 25.9. The minimum absolute atomic E-state index is 1.06. The summed E-state index contributed by atoms with van der Waals surface area (Å²) in [6.45, 7) is 4.09. The van der Waals surface area contributed by atoms with Crippen LogP contribution in [0.15, 0.2) is 127 Å². The van der Waals surface area contributed by atoms with Gasteiger partial charge in [-0.25, -0.2) is 0 Å². The van der Waals surface area contributed by atoms with Crippen molar-refractivity contribution in [1.82, 2.24) is 4.40 Å². The summed E-state index contributed by atoms with van der Waals surface area (Å²) in [5.74, 6) is 0. The monoisotopic (exact) mass is 516 g/mol. The van der Waals surface area contributed by atoms with Crippen molar-refractivity contribution in [3.63, 3.8) is 0 Å². The van der Waals surface area contributed by atoms with Crippen LogP contribution in [0.5, 0.6) is 0 Å². The molecule has 0 bridgehead atoms. The molecule has 184 valence electrons. The molecule has 0 aliphatic heterocycles. The molecule has 0 spiro atoms. The van der Waals surface area contributed by atoms with Crippen molar-refractivity contribution < 1.29 is 0 Å². The van der Waals surface area contributed by atoms with Crippen molar-refractivity contribution in [3.05, 3.63) is 138 Å². The van der Waals surface area contributed by atoms with Crippen molar-refractivity contribution >= 4 is 82.5 Å². The number of rotatable bonds is 5. The highest BCUT2D eigenvalue weighted by Gasteiger charge is 2.16. The van der Waals surface area contributed by atoms with E-state index in [1.54, 1.807) is 11.3 Å². The number of allylic oxidation sites excluding steroid dienone is 2. The number of benzene rings is 5. The highest BCUT2D eigenvalue weighted by molar-refractivity contribution is 7.17. The third kappa shape index (κ3) is 3.41. The molecule has 8 aromatic rings. The molecule has 0 saturated carbocycles. The third-order valence-electron chi connectivity index (χ3n) is 7.77. The first-order valence-electron chi connectivity index (χ1n) is 13.1. The van der Waals surface area contributed by atoms with Gasteiger partial charge in [-0.1, -0.05) is 79.4 Å². The number of hydrogen-bond acceptors (Lipinski definition) is 2. The molecule has 0 saturated heterocycles. The van der Waals surface area contributed by atoms with E-state index in [0.29, 0.717) is 0 Å². The molecular weight excluding hydrogens is 492 g/mol. The Morgan fingerprint density at radius 1 is 0.667 bits per heavy atom. The average Bonchev–Trinajstić information content (AvgIpc) is 3.65. The lowest BCUT2D eigenvalue weighted by Crippen LogP contribution is -1.91. The van der Waals surface area contributed by atoms with Crippen LogP contribution >= 0.6 is 11.3 Å². The Balaban J connectivity index is 1.14. The Hall–Kier alpha value is -4.86. The van der Waals surface area contributed by atoms with Crippen molar-refractivity contribution in [2.24, 2.45) is 0 Å². The molecule has 0 atom stereocenters. The van der Waals surface area contributed by atoms with Gasteiger partial charge in [0.2, 0.25) is 0 Å². The lowest BCUT2D eigenvalue weighted by molar-refractivity contribution is 1.37. The van der Waals surface area contributed by atoms with Gasteiger partial charge in [0.25, 0.3) is 0 Å². The summed E-state index contributed by atoms with van der Waals surface area (Å²) in [6, 6.07) is 39.2. The molecule has 0 aliphatic rings. The molecule has 5 aromatic carbocycles. The first-order valence-corrected chi connectivity index (χ1v) is 14.0. The third-order valence-corrected chi connectivity index (χ3v) is 8.75. The SMILES string of the molecule is C=CC(=Cc1csc2ccccc12)c1ccc(Nc2ccc3c(c2)c2cccc4c5ccccc5n3c42)cc1. The van der Waals surface area contributed by atoms with Crippen LogP contribution in [0, 0.1) is 0 Å². The first kappa shape index (κ1) is 22.2. The van der Waals surface area contributed by atoms with E-state index in [0.717, 1.165) is 22.5 Å². The van der Waals surface area contributed by atoms with Gasteiger partial charge in [0.05, 0.1) is 16.6 Å². The van der Waals surface area contributed by atoms with Gasteiger partial charge >= 0.3 is 0 Å². The molecule has 1 N–H and O–H groups in total. The average molecular weight is 517 g/mol. The fourth-order valence-electron chi connectivity index (χ4n) is 5.96. The molecule has 3 heteroatoms. The molecule has 0 amide bonds. The van der Waals surface area contributed by atoms with Crippen molar-refractivity contribution in [1.29, 1.82) is 0 Å². The van der Waals surface area contributed by atoms with E-state index in [2.05, 4.69) is 137 Å². The number of nitrogens with one attached hydrogen (secondary N) is 1. The van der Waals surface area contributed by atoms with E-state index >= 15 is 0 Å². The molecule has 2 nitrogen and oxygen atoms in total. The Kier molecular flexibility index (Phi) is 4.88. The molecule has 0 unspecified atom stereocenters. The van der Waals surface area contributed by atoms with E-state index in [9.17, 15) is 0 Å². The lowest BCUT2D eigenvalue weighted by Gasteiger charge is -2.09. The minimum atomic E-state index is 1.06. The molecule has 0 fully saturated rings. The molecule has 3 heterocycles. The topological polar surface area (TPSA) is 16.4 Å². The Labute approximate surface area is 230 Å². The van der Waals surface area contributed by atoms with Crippen LogP contribution in [0.25, 0.3) is 59.8 Å². The standard InChI is InChI=1S/C36H24N2S/c1-2-23(20-25-22-39-35-13-6-4-8-28(25)35)24-14-16-26(17-15-24)37-27-18-19-34-32(21-27)31-11-7-10-30-29-9-3-5-12-33(29)38(34)36(30)31/h2-22,37H,1H2. The summed E-state index contributed by atoms with van der Waals surface area (Å²) in [6.07, 6.45) is 4.17. The first-order chi connectivity index (χ1) is 19.3. The maximum Gasteiger partial charge on any atom is 0.0620 e. The van der Waals surface area contributed by atoms with E-state index in [4.69, 9.17) is 0 Å². The molecule has 3 aromatic heterocycles. The highest BCUT2D eigenvalue weighted by atomic mass is 32.1. The largest absolute Gasteiger partial charge is 0.356 e.